The van der Waals surface area contributed by atoms with Crippen LogP contribution >= 0.6 is 0 Å². The van der Waals surface area contributed by atoms with Crippen molar-refractivity contribution in [3.8, 4) is 22.5 Å². The van der Waals surface area contributed by atoms with Gasteiger partial charge in [-0.2, -0.15) is 0 Å². The van der Waals surface area contributed by atoms with E-state index < -0.39 is 5.63 Å². The zero-order chi connectivity index (χ0) is 18.5. The van der Waals surface area contributed by atoms with Crippen LogP contribution in [0.2, 0.25) is 0 Å². The van der Waals surface area contributed by atoms with Gasteiger partial charge in [-0.05, 0) is 18.2 Å². The number of benzene rings is 2. The molecule has 0 saturated heterocycles. The third kappa shape index (κ3) is 2.28. The summed E-state index contributed by atoms with van der Waals surface area (Å²) in [5.41, 5.74) is 3.84. The Morgan fingerprint density at radius 3 is 2.63 bits per heavy atom. The minimum atomic E-state index is -0.421. The van der Waals surface area contributed by atoms with Gasteiger partial charge < -0.3 is 9.32 Å². The van der Waals surface area contributed by atoms with Crippen LogP contribution in [0.15, 0.2) is 63.8 Å². The second-order valence-corrected chi connectivity index (χ2v) is 6.39. The number of carbonyl (C=O) groups excluding carboxylic acids is 1. The second kappa shape index (κ2) is 5.63. The molecule has 5 rings (SSSR count). The largest absolute Gasteiger partial charge is 0.423 e. The molecule has 1 aliphatic rings. The Morgan fingerprint density at radius 1 is 1.00 bits per heavy atom. The Balaban J connectivity index is 1.93. The molecule has 0 spiro atoms. The smallest absolute Gasteiger partial charge is 0.336 e. The van der Waals surface area contributed by atoms with Gasteiger partial charge in [0.1, 0.15) is 17.8 Å². The fraction of sp³-hybridized carbons (Fsp3) is 0.100. The molecule has 7 nitrogen and oxygen atoms in total. The number of amides is 1. The van der Waals surface area contributed by atoms with Gasteiger partial charge in [-0.1, -0.05) is 35.5 Å². The van der Waals surface area contributed by atoms with Crippen LogP contribution in [0.25, 0.3) is 33.5 Å². The highest BCUT2D eigenvalue weighted by atomic mass is 16.4. The van der Waals surface area contributed by atoms with Gasteiger partial charge in [-0.15, -0.1) is 5.10 Å². The number of aromatic nitrogens is 3. The van der Waals surface area contributed by atoms with E-state index in [0.717, 1.165) is 27.9 Å². The summed E-state index contributed by atoms with van der Waals surface area (Å²) < 4.78 is 6.97. The topological polar surface area (TPSA) is 81.2 Å². The summed E-state index contributed by atoms with van der Waals surface area (Å²) in [5.74, 6) is -0.101. The molecule has 1 amide bonds. The molecule has 7 heteroatoms. The van der Waals surface area contributed by atoms with E-state index in [1.54, 1.807) is 34.8 Å². The number of fused-ring (bicyclic) bond motifs is 5. The molecule has 0 atom stereocenters. The van der Waals surface area contributed by atoms with Crippen LogP contribution in [-0.4, -0.2) is 27.9 Å². The Hall–Kier alpha value is -3.74. The molecule has 3 heterocycles. The summed E-state index contributed by atoms with van der Waals surface area (Å²) >= 11 is 0. The predicted molar refractivity (Wildman–Crippen MR) is 100 cm³/mol. The fourth-order valence-corrected chi connectivity index (χ4v) is 3.50. The van der Waals surface area contributed by atoms with E-state index in [-0.39, 0.29) is 12.5 Å². The molecule has 1 aliphatic heterocycles. The first-order chi connectivity index (χ1) is 13.1. The van der Waals surface area contributed by atoms with Gasteiger partial charge in [-0.3, -0.25) is 4.79 Å². The minimum absolute atomic E-state index is 0.0820. The number of carbonyl (C=O) groups is 1. The van der Waals surface area contributed by atoms with E-state index in [9.17, 15) is 9.59 Å². The third-order valence-corrected chi connectivity index (χ3v) is 4.82. The van der Waals surface area contributed by atoms with Gasteiger partial charge in [0.05, 0.1) is 11.4 Å². The van der Waals surface area contributed by atoms with E-state index in [0.29, 0.717) is 11.3 Å². The van der Waals surface area contributed by atoms with Gasteiger partial charge in [-0.25, -0.2) is 9.48 Å². The lowest BCUT2D eigenvalue weighted by atomic mass is 9.99. The molecule has 4 aromatic rings. The lowest BCUT2D eigenvalue weighted by molar-refractivity contribution is -0.119. The highest BCUT2D eigenvalue weighted by Crippen LogP contribution is 2.42. The average Bonchev–Trinajstić information content (AvgIpc) is 3.05. The Kier molecular flexibility index (Phi) is 3.24. The standard InChI is InChI=1S/C20H14N4O3/c1-23-14-8-9-15-13(7-10-17(26)27-15)18(14)20-19(12-5-3-2-4-6-12)21-22-24(20)11-16(23)25/h2-10H,11H2,1H3. The van der Waals surface area contributed by atoms with Crippen LogP contribution in [0.4, 0.5) is 5.69 Å². The molecule has 0 aliphatic carbocycles. The first-order valence-electron chi connectivity index (χ1n) is 8.46. The second-order valence-electron chi connectivity index (χ2n) is 6.39. The Bertz CT molecular complexity index is 1260. The molecule has 0 radical (unpaired) electrons. The zero-order valence-electron chi connectivity index (χ0n) is 14.4. The number of nitrogens with zero attached hydrogens (tertiary/aromatic N) is 4. The molecule has 2 aromatic heterocycles. The van der Waals surface area contributed by atoms with Gasteiger partial charge >= 0.3 is 5.63 Å². The van der Waals surface area contributed by atoms with Crippen LogP contribution in [0.3, 0.4) is 0 Å². The molecule has 0 fully saturated rings. The molecule has 0 saturated carbocycles. The molecule has 0 unspecified atom stereocenters. The number of rotatable bonds is 1. The highest BCUT2D eigenvalue weighted by Gasteiger charge is 2.29. The van der Waals surface area contributed by atoms with Crippen molar-refractivity contribution in [2.45, 2.75) is 6.54 Å². The summed E-state index contributed by atoms with van der Waals surface area (Å²) in [7, 11) is 1.73. The van der Waals surface area contributed by atoms with Crippen LogP contribution in [0.5, 0.6) is 0 Å². The normalized spacial score (nSPS) is 13.4. The molecule has 0 bridgehead atoms. The third-order valence-electron chi connectivity index (χ3n) is 4.82. The average molecular weight is 358 g/mol. The molecule has 27 heavy (non-hydrogen) atoms. The van der Waals surface area contributed by atoms with Crippen molar-refractivity contribution in [1.82, 2.24) is 15.0 Å². The van der Waals surface area contributed by atoms with E-state index in [2.05, 4.69) is 10.3 Å². The summed E-state index contributed by atoms with van der Waals surface area (Å²) in [6.45, 7) is 0.0820. The summed E-state index contributed by atoms with van der Waals surface area (Å²) in [6.07, 6.45) is 0. The van der Waals surface area contributed by atoms with Gasteiger partial charge in [0.15, 0.2) is 0 Å². The first-order valence-corrected chi connectivity index (χ1v) is 8.46. The summed E-state index contributed by atoms with van der Waals surface area (Å²) in [6, 6.07) is 16.3. The van der Waals surface area contributed by atoms with Crippen LogP contribution in [-0.2, 0) is 11.3 Å². The van der Waals surface area contributed by atoms with E-state index >= 15 is 0 Å². The van der Waals surface area contributed by atoms with Crippen molar-refractivity contribution in [2.75, 3.05) is 11.9 Å². The van der Waals surface area contributed by atoms with Gasteiger partial charge in [0.2, 0.25) is 5.91 Å². The SMILES string of the molecule is CN1C(=O)Cn2nnc(-c3ccccc3)c2-c2c1ccc1oc(=O)ccc21. The quantitative estimate of drug-likeness (QED) is 0.489. The van der Waals surface area contributed by atoms with E-state index in [4.69, 9.17) is 4.42 Å². The molecule has 0 N–H and O–H groups in total. The van der Waals surface area contributed by atoms with Crippen molar-refractivity contribution >= 4 is 22.6 Å². The van der Waals surface area contributed by atoms with Gasteiger partial charge in [0, 0.05) is 29.6 Å². The number of hydrogen-bond donors (Lipinski definition) is 0. The van der Waals surface area contributed by atoms with Gasteiger partial charge in [0.25, 0.3) is 0 Å². The van der Waals surface area contributed by atoms with Crippen LogP contribution < -0.4 is 10.5 Å². The lowest BCUT2D eigenvalue weighted by Gasteiger charge is -2.18. The Labute approximate surface area is 153 Å². The highest BCUT2D eigenvalue weighted by molar-refractivity contribution is 6.08. The zero-order valence-corrected chi connectivity index (χ0v) is 14.4. The van der Waals surface area contributed by atoms with Crippen molar-refractivity contribution < 1.29 is 9.21 Å². The van der Waals surface area contributed by atoms with Crippen molar-refractivity contribution in [3.63, 3.8) is 0 Å². The maximum absolute atomic E-state index is 12.6. The fourth-order valence-electron chi connectivity index (χ4n) is 3.50. The van der Waals surface area contributed by atoms with Crippen molar-refractivity contribution in [2.24, 2.45) is 0 Å². The van der Waals surface area contributed by atoms with Crippen LogP contribution in [0, 0.1) is 0 Å². The molecule has 2 aromatic carbocycles. The number of hydrogen-bond acceptors (Lipinski definition) is 5. The van der Waals surface area contributed by atoms with Crippen molar-refractivity contribution in [1.29, 1.82) is 0 Å². The number of anilines is 1. The van der Waals surface area contributed by atoms with E-state index in [1.165, 1.54) is 6.07 Å². The Morgan fingerprint density at radius 2 is 1.81 bits per heavy atom. The maximum Gasteiger partial charge on any atom is 0.336 e. The van der Waals surface area contributed by atoms with Crippen molar-refractivity contribution in [3.05, 3.63) is 65.0 Å². The number of likely N-dealkylation sites (N-methyl/N-ethyl adjacent to an activating group) is 1. The monoisotopic (exact) mass is 358 g/mol. The minimum Gasteiger partial charge on any atom is -0.423 e. The summed E-state index contributed by atoms with van der Waals surface area (Å²) in [5, 5.41) is 9.30. The van der Waals surface area contributed by atoms with Crippen LogP contribution in [0.1, 0.15) is 0 Å². The summed E-state index contributed by atoms with van der Waals surface area (Å²) in [4.78, 5) is 25.9. The maximum atomic E-state index is 12.6. The first kappa shape index (κ1) is 15.5. The predicted octanol–water partition coefficient (Wildman–Crippen LogP) is 2.69. The lowest BCUT2D eigenvalue weighted by Crippen LogP contribution is -2.28. The molecular formula is C20H14N4O3. The molecular weight excluding hydrogens is 344 g/mol. The van der Waals surface area contributed by atoms with E-state index in [1.807, 2.05) is 30.3 Å². The molecule has 132 valence electrons.